The molecular weight excluding hydrogens is 316 g/mol. The van der Waals surface area contributed by atoms with Gasteiger partial charge in [-0.15, -0.1) is 0 Å². The summed E-state index contributed by atoms with van der Waals surface area (Å²) in [5, 5.41) is 2.89. The van der Waals surface area contributed by atoms with E-state index < -0.39 is 0 Å². The van der Waals surface area contributed by atoms with Crippen LogP contribution in [-0.2, 0) is 16.1 Å². The van der Waals surface area contributed by atoms with E-state index >= 15 is 0 Å². The van der Waals surface area contributed by atoms with E-state index in [1.54, 1.807) is 12.5 Å². The van der Waals surface area contributed by atoms with E-state index in [1.165, 1.54) is 0 Å². The summed E-state index contributed by atoms with van der Waals surface area (Å²) in [6.07, 6.45) is 4.46. The molecule has 1 aromatic carbocycles. The summed E-state index contributed by atoms with van der Waals surface area (Å²) in [7, 11) is 0. The number of nitrogens with zero attached hydrogens (tertiary/aromatic N) is 3. The number of ether oxygens (including phenoxy) is 1. The topological polar surface area (TPSA) is 69.0 Å². The van der Waals surface area contributed by atoms with Crippen LogP contribution in [0.5, 0.6) is 0 Å². The molecule has 25 heavy (non-hydrogen) atoms. The third-order valence-corrected chi connectivity index (χ3v) is 4.10. The number of aromatic nitrogens is 3. The Bertz CT molecular complexity index is 859. The quantitative estimate of drug-likeness (QED) is 0.719. The fraction of sp³-hybridized carbons (Fsp3) is 0.316. The Morgan fingerprint density at radius 1 is 1.24 bits per heavy atom. The predicted molar refractivity (Wildman–Crippen MR) is 96.4 cm³/mol. The van der Waals surface area contributed by atoms with Crippen LogP contribution in [-0.4, -0.2) is 33.2 Å². The maximum atomic E-state index is 12.0. The number of nitrogens with one attached hydrogen (secondary N) is 1. The molecule has 3 aromatic rings. The average Bonchev–Trinajstić information content (AvgIpc) is 3.08. The summed E-state index contributed by atoms with van der Waals surface area (Å²) in [6.45, 7) is 4.44. The van der Waals surface area contributed by atoms with Crippen molar-refractivity contribution in [3.8, 4) is 5.82 Å². The Morgan fingerprint density at radius 3 is 2.92 bits per heavy atom. The van der Waals surface area contributed by atoms with Gasteiger partial charge in [-0.3, -0.25) is 9.36 Å². The number of hydrogen-bond acceptors (Lipinski definition) is 4. The third-order valence-electron chi connectivity index (χ3n) is 4.10. The largest absolute Gasteiger partial charge is 0.369 e. The fourth-order valence-corrected chi connectivity index (χ4v) is 2.49. The van der Waals surface area contributed by atoms with Crippen molar-refractivity contribution in [1.82, 2.24) is 19.9 Å². The zero-order valence-corrected chi connectivity index (χ0v) is 14.5. The first-order chi connectivity index (χ1) is 12.2. The van der Waals surface area contributed by atoms with Gasteiger partial charge in [-0.25, -0.2) is 9.97 Å². The minimum absolute atomic E-state index is 0.0681. The van der Waals surface area contributed by atoms with E-state index in [0.29, 0.717) is 6.54 Å². The molecule has 0 saturated carbocycles. The van der Waals surface area contributed by atoms with Crippen molar-refractivity contribution in [2.75, 3.05) is 6.61 Å². The van der Waals surface area contributed by atoms with E-state index in [-0.39, 0.29) is 18.6 Å². The second-order valence-electron chi connectivity index (χ2n) is 5.90. The van der Waals surface area contributed by atoms with E-state index in [0.717, 1.165) is 28.8 Å². The summed E-state index contributed by atoms with van der Waals surface area (Å²) in [5.74, 6) is 0.630. The van der Waals surface area contributed by atoms with Crippen LogP contribution < -0.4 is 5.32 Å². The zero-order valence-electron chi connectivity index (χ0n) is 14.5. The van der Waals surface area contributed by atoms with Crippen molar-refractivity contribution in [3.05, 3.63) is 54.5 Å². The molecule has 0 unspecified atom stereocenters. The molecule has 0 saturated heterocycles. The van der Waals surface area contributed by atoms with Crippen LogP contribution in [0, 0.1) is 0 Å². The van der Waals surface area contributed by atoms with Crippen LogP contribution in [0.3, 0.4) is 0 Å². The first-order valence-corrected chi connectivity index (χ1v) is 8.43. The second-order valence-corrected chi connectivity index (χ2v) is 5.90. The normalized spacial score (nSPS) is 12.2. The predicted octanol–water partition coefficient (Wildman–Crippen LogP) is 2.85. The number of benzene rings is 1. The lowest BCUT2D eigenvalue weighted by Gasteiger charge is -2.13. The van der Waals surface area contributed by atoms with Crippen molar-refractivity contribution in [3.63, 3.8) is 0 Å². The van der Waals surface area contributed by atoms with Gasteiger partial charge in [0.05, 0.1) is 17.1 Å². The molecule has 0 spiro atoms. The van der Waals surface area contributed by atoms with Gasteiger partial charge in [0.2, 0.25) is 5.91 Å². The first-order valence-electron chi connectivity index (χ1n) is 8.43. The number of amides is 1. The molecule has 0 aliphatic heterocycles. The van der Waals surface area contributed by atoms with Crippen LogP contribution in [0.1, 0.15) is 25.8 Å². The molecule has 6 heteroatoms. The van der Waals surface area contributed by atoms with Gasteiger partial charge in [-0.1, -0.05) is 25.1 Å². The van der Waals surface area contributed by atoms with Gasteiger partial charge in [0.15, 0.2) is 0 Å². The summed E-state index contributed by atoms with van der Waals surface area (Å²) in [4.78, 5) is 20.9. The monoisotopic (exact) mass is 338 g/mol. The van der Waals surface area contributed by atoms with Gasteiger partial charge in [0.25, 0.3) is 0 Å². The van der Waals surface area contributed by atoms with Gasteiger partial charge in [0.1, 0.15) is 18.8 Å². The minimum atomic E-state index is -0.134. The smallest absolute Gasteiger partial charge is 0.246 e. The summed E-state index contributed by atoms with van der Waals surface area (Å²) < 4.78 is 7.40. The summed E-state index contributed by atoms with van der Waals surface area (Å²) in [6, 6.07) is 11.7. The van der Waals surface area contributed by atoms with Crippen molar-refractivity contribution in [1.29, 1.82) is 0 Å². The molecule has 1 amide bonds. The molecule has 6 nitrogen and oxygen atoms in total. The van der Waals surface area contributed by atoms with Crippen molar-refractivity contribution >= 4 is 16.9 Å². The van der Waals surface area contributed by atoms with Crippen molar-refractivity contribution < 1.29 is 9.53 Å². The number of hydrogen-bond donors (Lipinski definition) is 1. The number of carbonyl (C=O) groups is 1. The molecule has 0 fully saturated rings. The van der Waals surface area contributed by atoms with E-state index in [4.69, 9.17) is 4.74 Å². The van der Waals surface area contributed by atoms with Crippen molar-refractivity contribution in [2.24, 2.45) is 0 Å². The molecule has 1 atom stereocenters. The van der Waals surface area contributed by atoms with Crippen LogP contribution in [0.4, 0.5) is 0 Å². The summed E-state index contributed by atoms with van der Waals surface area (Å²) >= 11 is 0. The molecule has 0 radical (unpaired) electrons. The Morgan fingerprint density at radius 2 is 2.08 bits per heavy atom. The molecule has 0 aliphatic rings. The first kappa shape index (κ1) is 17.1. The Balaban J connectivity index is 1.75. The van der Waals surface area contributed by atoms with Crippen LogP contribution in [0.15, 0.2) is 48.9 Å². The highest BCUT2D eigenvalue weighted by Gasteiger charge is 2.11. The van der Waals surface area contributed by atoms with Gasteiger partial charge in [-0.2, -0.15) is 0 Å². The maximum absolute atomic E-state index is 12.0. The number of para-hydroxylation sites is 2. The van der Waals surface area contributed by atoms with Gasteiger partial charge in [0, 0.05) is 18.3 Å². The molecular formula is C19H22N4O2. The fourth-order valence-electron chi connectivity index (χ4n) is 2.49. The molecule has 0 aliphatic carbocycles. The lowest BCUT2D eigenvalue weighted by atomic mass is 10.2. The maximum Gasteiger partial charge on any atom is 0.246 e. The van der Waals surface area contributed by atoms with Gasteiger partial charge < -0.3 is 10.1 Å². The SMILES string of the molecule is CC[C@H](C)OCC(=O)NCc1cccnc1-n1cnc2ccccc21. The lowest BCUT2D eigenvalue weighted by molar-refractivity contribution is -0.127. The van der Waals surface area contributed by atoms with E-state index in [9.17, 15) is 4.79 Å². The second kappa shape index (κ2) is 7.90. The third kappa shape index (κ3) is 4.03. The zero-order chi connectivity index (χ0) is 17.6. The molecule has 2 heterocycles. The molecule has 0 bridgehead atoms. The highest BCUT2D eigenvalue weighted by molar-refractivity contribution is 5.78. The van der Waals surface area contributed by atoms with Crippen molar-refractivity contribution in [2.45, 2.75) is 32.9 Å². The molecule has 3 rings (SSSR count). The summed E-state index contributed by atoms with van der Waals surface area (Å²) in [5.41, 5.74) is 2.81. The van der Waals surface area contributed by atoms with Crippen LogP contribution in [0.25, 0.3) is 16.9 Å². The highest BCUT2D eigenvalue weighted by atomic mass is 16.5. The highest BCUT2D eigenvalue weighted by Crippen LogP contribution is 2.19. The number of rotatable bonds is 7. The van der Waals surface area contributed by atoms with E-state index in [2.05, 4.69) is 15.3 Å². The van der Waals surface area contributed by atoms with Gasteiger partial charge >= 0.3 is 0 Å². The number of carbonyl (C=O) groups excluding carboxylic acids is 1. The Hall–Kier alpha value is -2.73. The standard InChI is InChI=1S/C19H22N4O2/c1-3-14(2)25-12-18(24)21-11-15-7-6-10-20-19(15)23-13-22-16-8-4-5-9-17(16)23/h4-10,13-14H,3,11-12H2,1-2H3,(H,21,24)/t14-/m0/s1. The lowest BCUT2D eigenvalue weighted by Crippen LogP contribution is -2.29. The van der Waals surface area contributed by atoms with Crippen LogP contribution >= 0.6 is 0 Å². The average molecular weight is 338 g/mol. The number of imidazole rings is 1. The minimum Gasteiger partial charge on any atom is -0.369 e. The Kier molecular flexibility index (Phi) is 5.40. The van der Waals surface area contributed by atoms with Gasteiger partial charge in [-0.05, 0) is 31.5 Å². The van der Waals surface area contributed by atoms with E-state index in [1.807, 2.05) is 54.8 Å². The Labute approximate surface area is 146 Å². The molecule has 2 aromatic heterocycles. The number of fused-ring (bicyclic) bond motifs is 1. The number of pyridine rings is 1. The van der Waals surface area contributed by atoms with Crippen LogP contribution in [0.2, 0.25) is 0 Å². The molecule has 1 N–H and O–H groups in total. The molecule has 130 valence electrons.